The summed E-state index contributed by atoms with van der Waals surface area (Å²) in [5.74, 6) is -0.100. The molecule has 0 spiro atoms. The molecule has 3 rings (SSSR count). The van der Waals surface area contributed by atoms with Crippen molar-refractivity contribution in [1.82, 2.24) is 10.2 Å². The molecule has 1 aliphatic carbocycles. The van der Waals surface area contributed by atoms with Gasteiger partial charge in [-0.25, -0.2) is 0 Å². The van der Waals surface area contributed by atoms with E-state index in [-0.39, 0.29) is 5.91 Å². The summed E-state index contributed by atoms with van der Waals surface area (Å²) in [6.07, 6.45) is -1.17. The average molecular weight is 436 g/mol. The van der Waals surface area contributed by atoms with Gasteiger partial charge in [0.05, 0.1) is 11.1 Å². The van der Waals surface area contributed by atoms with Crippen LogP contribution in [-0.2, 0) is 11.7 Å². The Labute approximate surface area is 179 Å². The first-order valence-electron chi connectivity index (χ1n) is 9.69. The van der Waals surface area contributed by atoms with Crippen molar-refractivity contribution in [1.29, 1.82) is 0 Å². The Morgan fingerprint density at radius 1 is 1.07 bits per heavy atom. The Balaban J connectivity index is 1.76. The van der Waals surface area contributed by atoms with E-state index in [1.807, 2.05) is 0 Å². The smallest absolute Gasteiger partial charge is 0.353 e. The molecule has 0 heterocycles. The number of halogens is 3. The van der Waals surface area contributed by atoms with Crippen LogP contribution in [0.4, 0.5) is 18.9 Å². The number of hydrogen-bond donors (Lipinski definition) is 2. The zero-order valence-electron chi connectivity index (χ0n) is 16.8. The van der Waals surface area contributed by atoms with E-state index in [9.17, 15) is 18.0 Å². The van der Waals surface area contributed by atoms with Crippen LogP contribution in [0.3, 0.4) is 0 Å². The van der Waals surface area contributed by atoms with Gasteiger partial charge >= 0.3 is 6.18 Å². The molecular weight excluding hydrogens is 411 g/mol. The summed E-state index contributed by atoms with van der Waals surface area (Å²) in [4.78, 5) is 13.5. The van der Waals surface area contributed by atoms with Crippen molar-refractivity contribution in [2.45, 2.75) is 37.4 Å². The summed E-state index contributed by atoms with van der Waals surface area (Å²) >= 11 is 5.46. The van der Waals surface area contributed by atoms with Crippen molar-refractivity contribution in [3.05, 3.63) is 65.2 Å². The number of carbonyl (C=O) groups is 1. The molecule has 1 aliphatic rings. The molecule has 0 aliphatic heterocycles. The monoisotopic (exact) mass is 435 g/mol. The van der Waals surface area contributed by atoms with Crippen LogP contribution in [0.5, 0.6) is 0 Å². The number of nitrogens with one attached hydrogen (secondary N) is 2. The maximum atomic E-state index is 13.2. The van der Waals surface area contributed by atoms with E-state index in [1.54, 1.807) is 44.4 Å². The SMILES string of the molecule is CN(C)C(=O)c1ccc(NC(=S)NC2(c3cccc(C(F)(F)F)c3)CCCC2)cc1. The van der Waals surface area contributed by atoms with Gasteiger partial charge in [-0.3, -0.25) is 4.79 Å². The second kappa shape index (κ2) is 8.63. The van der Waals surface area contributed by atoms with Gasteiger partial charge in [0.15, 0.2) is 5.11 Å². The first-order chi connectivity index (χ1) is 14.1. The molecule has 0 bridgehead atoms. The molecule has 0 radical (unpaired) electrons. The highest BCUT2D eigenvalue weighted by atomic mass is 32.1. The highest BCUT2D eigenvalue weighted by Gasteiger charge is 2.38. The lowest BCUT2D eigenvalue weighted by Gasteiger charge is -2.33. The molecule has 0 atom stereocenters. The van der Waals surface area contributed by atoms with Crippen molar-refractivity contribution in [3.63, 3.8) is 0 Å². The minimum Gasteiger partial charge on any atom is -0.353 e. The van der Waals surface area contributed by atoms with Crippen LogP contribution in [0, 0.1) is 0 Å². The number of nitrogens with zero attached hydrogens (tertiary/aromatic N) is 1. The van der Waals surface area contributed by atoms with Gasteiger partial charge in [-0.05, 0) is 67.0 Å². The molecule has 1 amide bonds. The van der Waals surface area contributed by atoms with E-state index >= 15 is 0 Å². The molecule has 2 aromatic carbocycles. The van der Waals surface area contributed by atoms with E-state index in [0.29, 0.717) is 34.8 Å². The lowest BCUT2D eigenvalue weighted by molar-refractivity contribution is -0.137. The zero-order valence-corrected chi connectivity index (χ0v) is 17.7. The fourth-order valence-corrected chi connectivity index (χ4v) is 4.10. The minimum atomic E-state index is -4.39. The highest BCUT2D eigenvalue weighted by Crippen LogP contribution is 2.41. The van der Waals surface area contributed by atoms with Gasteiger partial charge in [0.25, 0.3) is 5.91 Å². The number of anilines is 1. The number of hydrogen-bond acceptors (Lipinski definition) is 2. The van der Waals surface area contributed by atoms with Crippen molar-refractivity contribution < 1.29 is 18.0 Å². The Kier molecular flexibility index (Phi) is 6.36. The van der Waals surface area contributed by atoms with E-state index in [0.717, 1.165) is 18.9 Å². The summed E-state index contributed by atoms with van der Waals surface area (Å²) in [6.45, 7) is 0. The predicted octanol–water partition coefficient (Wildman–Crippen LogP) is 5.16. The maximum absolute atomic E-state index is 13.2. The van der Waals surface area contributed by atoms with Gasteiger partial charge in [0.1, 0.15) is 0 Å². The van der Waals surface area contributed by atoms with Crippen molar-refractivity contribution in [3.8, 4) is 0 Å². The molecule has 1 fully saturated rings. The molecule has 0 aromatic heterocycles. The van der Waals surface area contributed by atoms with Crippen LogP contribution in [0.1, 0.15) is 47.2 Å². The molecule has 4 nitrogen and oxygen atoms in total. The van der Waals surface area contributed by atoms with E-state index in [4.69, 9.17) is 12.2 Å². The van der Waals surface area contributed by atoms with Crippen molar-refractivity contribution in [2.24, 2.45) is 0 Å². The first-order valence-corrected chi connectivity index (χ1v) is 10.1. The summed E-state index contributed by atoms with van der Waals surface area (Å²) in [7, 11) is 3.37. The lowest BCUT2D eigenvalue weighted by atomic mass is 9.87. The summed E-state index contributed by atoms with van der Waals surface area (Å²) in [5.41, 5.74) is 0.547. The van der Waals surface area contributed by atoms with Crippen LogP contribution in [0.15, 0.2) is 48.5 Å². The fourth-order valence-electron chi connectivity index (χ4n) is 3.79. The molecule has 2 N–H and O–H groups in total. The van der Waals surface area contributed by atoms with Crippen LogP contribution in [-0.4, -0.2) is 30.0 Å². The van der Waals surface area contributed by atoms with E-state index in [1.165, 1.54) is 17.0 Å². The third-order valence-electron chi connectivity index (χ3n) is 5.35. The largest absolute Gasteiger partial charge is 0.416 e. The molecule has 160 valence electrons. The number of rotatable bonds is 4. The fraction of sp³-hybridized carbons (Fsp3) is 0.364. The van der Waals surface area contributed by atoms with Gasteiger partial charge in [-0.2, -0.15) is 13.2 Å². The topological polar surface area (TPSA) is 44.4 Å². The normalized spacial score (nSPS) is 15.5. The maximum Gasteiger partial charge on any atom is 0.416 e. The minimum absolute atomic E-state index is 0.100. The zero-order chi connectivity index (χ0) is 21.9. The Hall–Kier alpha value is -2.61. The molecule has 1 saturated carbocycles. The molecule has 2 aromatic rings. The van der Waals surface area contributed by atoms with Crippen LogP contribution in [0.2, 0.25) is 0 Å². The molecular formula is C22H24F3N3OS. The van der Waals surface area contributed by atoms with Gasteiger partial charge < -0.3 is 15.5 Å². The Bertz CT molecular complexity index is 920. The summed E-state index contributed by atoms with van der Waals surface area (Å²) in [6, 6.07) is 12.3. The number of alkyl halides is 3. The average Bonchev–Trinajstić information content (AvgIpc) is 3.17. The molecule has 30 heavy (non-hydrogen) atoms. The van der Waals surface area contributed by atoms with Gasteiger partial charge in [-0.1, -0.05) is 25.0 Å². The number of amides is 1. The molecule has 8 heteroatoms. The third kappa shape index (κ3) is 4.92. The van der Waals surface area contributed by atoms with E-state index in [2.05, 4.69) is 10.6 Å². The third-order valence-corrected chi connectivity index (χ3v) is 5.55. The summed E-state index contributed by atoms with van der Waals surface area (Å²) < 4.78 is 39.6. The van der Waals surface area contributed by atoms with Crippen molar-refractivity contribution in [2.75, 3.05) is 19.4 Å². The van der Waals surface area contributed by atoms with Crippen molar-refractivity contribution >= 4 is 28.9 Å². The first kappa shape index (κ1) is 22.1. The Morgan fingerprint density at radius 2 is 1.70 bits per heavy atom. The Morgan fingerprint density at radius 3 is 2.27 bits per heavy atom. The van der Waals surface area contributed by atoms with Crippen LogP contribution >= 0.6 is 12.2 Å². The van der Waals surface area contributed by atoms with Gasteiger partial charge in [-0.15, -0.1) is 0 Å². The van der Waals surface area contributed by atoms with Crippen LogP contribution in [0.25, 0.3) is 0 Å². The number of thiocarbonyl (C=S) groups is 1. The predicted molar refractivity (Wildman–Crippen MR) is 115 cm³/mol. The number of benzene rings is 2. The second-order valence-corrected chi connectivity index (χ2v) is 8.13. The molecule has 0 unspecified atom stereocenters. The number of carbonyl (C=O) groups excluding carboxylic acids is 1. The quantitative estimate of drug-likeness (QED) is 0.651. The van der Waals surface area contributed by atoms with Gasteiger partial charge in [0, 0.05) is 25.3 Å². The lowest BCUT2D eigenvalue weighted by Crippen LogP contribution is -2.45. The highest BCUT2D eigenvalue weighted by molar-refractivity contribution is 7.80. The van der Waals surface area contributed by atoms with E-state index < -0.39 is 17.3 Å². The summed E-state index contributed by atoms with van der Waals surface area (Å²) in [5, 5.41) is 6.68. The second-order valence-electron chi connectivity index (χ2n) is 7.72. The van der Waals surface area contributed by atoms with Crippen LogP contribution < -0.4 is 10.6 Å². The molecule has 0 saturated heterocycles. The standard InChI is InChI=1S/C22H24F3N3OS/c1-28(2)19(29)15-8-10-18(11-9-15)26-20(30)27-21(12-3-4-13-21)16-6-5-7-17(14-16)22(23,24)25/h5-11,14H,3-4,12-13H2,1-2H3,(H2,26,27,30). The van der Waals surface area contributed by atoms with Gasteiger partial charge in [0.2, 0.25) is 0 Å².